The van der Waals surface area contributed by atoms with Crippen molar-refractivity contribution in [2.75, 3.05) is 19.6 Å². The van der Waals surface area contributed by atoms with Crippen LogP contribution in [0.2, 0.25) is 4.34 Å². The predicted octanol–water partition coefficient (Wildman–Crippen LogP) is 2.70. The van der Waals surface area contributed by atoms with E-state index in [0.29, 0.717) is 29.6 Å². The van der Waals surface area contributed by atoms with Crippen molar-refractivity contribution in [2.24, 2.45) is 5.10 Å². The number of nitriles is 1. The molecule has 3 heterocycles. The highest BCUT2D eigenvalue weighted by atomic mass is 35.5. The van der Waals surface area contributed by atoms with Crippen molar-refractivity contribution >= 4 is 34.6 Å². The van der Waals surface area contributed by atoms with E-state index in [0.717, 1.165) is 11.3 Å². The van der Waals surface area contributed by atoms with Crippen LogP contribution in [0.25, 0.3) is 0 Å². The van der Waals surface area contributed by atoms with Gasteiger partial charge in [0.2, 0.25) is 5.91 Å². The maximum atomic E-state index is 12.4. The minimum absolute atomic E-state index is 0.0372. The number of alkyl halides is 3. The van der Waals surface area contributed by atoms with E-state index in [9.17, 15) is 18.0 Å². The lowest BCUT2D eigenvalue weighted by Gasteiger charge is -2.29. The molecule has 158 valence electrons. The standard InChI is InChI=1S/C17H20ClF3N6OS/c18-13-5-4-12(29-13)15-11(26-8-1-3-14(26)28)9-27(25-15)16(24-10-22)23-7-2-6-17(19,20)21/h4-5,11,16,23-24H,1-3,6-9H2. The Morgan fingerprint density at radius 2 is 2.24 bits per heavy atom. The molecule has 2 unspecified atom stereocenters. The number of nitrogens with one attached hydrogen (secondary N) is 2. The minimum Gasteiger partial charge on any atom is -0.332 e. The van der Waals surface area contributed by atoms with Gasteiger partial charge in [-0.05, 0) is 31.5 Å². The second kappa shape index (κ2) is 9.19. The average molecular weight is 449 g/mol. The van der Waals surface area contributed by atoms with Gasteiger partial charge in [0.15, 0.2) is 12.5 Å². The van der Waals surface area contributed by atoms with Gasteiger partial charge >= 0.3 is 6.18 Å². The molecule has 3 rings (SSSR count). The van der Waals surface area contributed by atoms with Gasteiger partial charge in [0.25, 0.3) is 0 Å². The number of hydrazone groups is 1. The Kier molecular flexibility index (Phi) is 6.87. The summed E-state index contributed by atoms with van der Waals surface area (Å²) in [5, 5.41) is 20.6. The number of amides is 1. The van der Waals surface area contributed by atoms with Gasteiger partial charge in [0, 0.05) is 19.4 Å². The lowest BCUT2D eigenvalue weighted by molar-refractivity contribution is -0.135. The molecule has 12 heteroatoms. The number of rotatable bonds is 8. The molecule has 2 atom stereocenters. The van der Waals surface area contributed by atoms with Gasteiger partial charge in [-0.15, -0.1) is 11.3 Å². The van der Waals surface area contributed by atoms with Crippen LogP contribution in [0.3, 0.4) is 0 Å². The number of likely N-dealkylation sites (tertiary alicyclic amines) is 1. The molecule has 2 aliphatic heterocycles. The third-order valence-corrected chi connectivity index (χ3v) is 5.95. The van der Waals surface area contributed by atoms with Crippen LogP contribution < -0.4 is 10.6 Å². The number of thiophene rings is 1. The Balaban J connectivity index is 1.75. The molecule has 1 fully saturated rings. The molecule has 1 amide bonds. The van der Waals surface area contributed by atoms with E-state index in [1.807, 2.05) is 12.3 Å². The van der Waals surface area contributed by atoms with Gasteiger partial charge in [-0.3, -0.25) is 20.4 Å². The number of hydrogen-bond donors (Lipinski definition) is 2. The van der Waals surface area contributed by atoms with Crippen LogP contribution in [0.15, 0.2) is 17.2 Å². The zero-order valence-electron chi connectivity index (χ0n) is 15.4. The quantitative estimate of drug-likeness (QED) is 0.276. The van der Waals surface area contributed by atoms with Crippen LogP contribution in [0.5, 0.6) is 0 Å². The summed E-state index contributed by atoms with van der Waals surface area (Å²) in [5.74, 6) is 0.0372. The van der Waals surface area contributed by atoms with Crippen LogP contribution in [-0.2, 0) is 4.79 Å². The summed E-state index contributed by atoms with van der Waals surface area (Å²) in [5.41, 5.74) is 0.666. The number of halogens is 4. The Bertz CT molecular complexity index is 808. The smallest absolute Gasteiger partial charge is 0.332 e. The maximum Gasteiger partial charge on any atom is 0.389 e. The first-order valence-corrected chi connectivity index (χ1v) is 10.3. The molecule has 0 spiro atoms. The Labute approximate surface area is 175 Å². The van der Waals surface area contributed by atoms with Gasteiger partial charge in [0.05, 0.1) is 21.8 Å². The summed E-state index contributed by atoms with van der Waals surface area (Å²) in [6.07, 6.45) is -2.98. The summed E-state index contributed by atoms with van der Waals surface area (Å²) in [6.45, 7) is 0.991. The normalized spacial score (nSPS) is 20.7. The van der Waals surface area contributed by atoms with E-state index in [2.05, 4.69) is 15.7 Å². The highest BCUT2D eigenvalue weighted by molar-refractivity contribution is 7.18. The van der Waals surface area contributed by atoms with Crippen molar-refractivity contribution in [3.05, 3.63) is 21.3 Å². The first-order chi connectivity index (χ1) is 13.8. The van der Waals surface area contributed by atoms with Crippen LogP contribution in [0.4, 0.5) is 13.2 Å². The minimum atomic E-state index is -4.22. The van der Waals surface area contributed by atoms with Crippen LogP contribution >= 0.6 is 22.9 Å². The molecule has 0 saturated carbocycles. The van der Waals surface area contributed by atoms with Crippen molar-refractivity contribution in [3.63, 3.8) is 0 Å². The molecule has 29 heavy (non-hydrogen) atoms. The summed E-state index contributed by atoms with van der Waals surface area (Å²) >= 11 is 7.39. The second-order valence-electron chi connectivity index (χ2n) is 6.75. The van der Waals surface area contributed by atoms with Crippen molar-refractivity contribution in [1.29, 1.82) is 5.26 Å². The molecule has 1 aromatic rings. The molecule has 0 aliphatic carbocycles. The summed E-state index contributed by atoms with van der Waals surface area (Å²) in [6, 6.07) is 3.27. The third-order valence-electron chi connectivity index (χ3n) is 4.70. The van der Waals surface area contributed by atoms with Gasteiger partial charge < -0.3 is 4.90 Å². The highest BCUT2D eigenvalue weighted by Crippen LogP contribution is 2.29. The fourth-order valence-corrected chi connectivity index (χ4v) is 4.48. The van der Waals surface area contributed by atoms with Crippen molar-refractivity contribution < 1.29 is 18.0 Å². The van der Waals surface area contributed by atoms with E-state index in [-0.39, 0.29) is 24.9 Å². The maximum absolute atomic E-state index is 12.4. The molecular formula is C17H20ClF3N6OS. The average Bonchev–Trinajstić information content (AvgIpc) is 3.36. The largest absolute Gasteiger partial charge is 0.389 e. The number of carbonyl (C=O) groups excluding carboxylic acids is 1. The van der Waals surface area contributed by atoms with Crippen molar-refractivity contribution in [1.82, 2.24) is 20.5 Å². The van der Waals surface area contributed by atoms with Crippen molar-refractivity contribution in [2.45, 2.75) is 44.2 Å². The zero-order chi connectivity index (χ0) is 21.0. The van der Waals surface area contributed by atoms with E-state index < -0.39 is 18.9 Å². The van der Waals surface area contributed by atoms with E-state index >= 15 is 0 Å². The molecule has 0 radical (unpaired) electrons. The first-order valence-electron chi connectivity index (χ1n) is 9.13. The van der Waals surface area contributed by atoms with Gasteiger partial charge in [0.1, 0.15) is 5.71 Å². The van der Waals surface area contributed by atoms with E-state index in [1.54, 1.807) is 16.0 Å². The topological polar surface area (TPSA) is 83.8 Å². The van der Waals surface area contributed by atoms with E-state index in [4.69, 9.17) is 16.9 Å². The molecule has 2 N–H and O–H groups in total. The van der Waals surface area contributed by atoms with Gasteiger partial charge in [-0.25, -0.2) is 0 Å². The van der Waals surface area contributed by atoms with E-state index in [1.165, 1.54) is 11.3 Å². The molecule has 0 aromatic carbocycles. The lowest BCUT2D eigenvalue weighted by Crippen LogP contribution is -2.53. The second-order valence-corrected chi connectivity index (χ2v) is 8.46. The van der Waals surface area contributed by atoms with Gasteiger partial charge in [-0.2, -0.15) is 23.5 Å². The SMILES string of the molecule is N#CNC(NCCCC(F)(F)F)N1CC(N2CCCC2=O)C(c2ccc(Cl)s2)=N1. The number of nitrogens with zero attached hydrogens (tertiary/aromatic N) is 4. The molecule has 1 saturated heterocycles. The van der Waals surface area contributed by atoms with Crippen LogP contribution in [0, 0.1) is 11.5 Å². The number of carbonyl (C=O) groups is 1. The molecular weight excluding hydrogens is 429 g/mol. The first kappa shape index (κ1) is 21.7. The molecule has 1 aromatic heterocycles. The third kappa shape index (κ3) is 5.52. The van der Waals surface area contributed by atoms with Crippen LogP contribution in [0.1, 0.15) is 30.6 Å². The highest BCUT2D eigenvalue weighted by Gasteiger charge is 2.39. The van der Waals surface area contributed by atoms with Crippen LogP contribution in [-0.4, -0.2) is 59.7 Å². The summed E-state index contributed by atoms with van der Waals surface area (Å²) in [4.78, 5) is 14.9. The molecule has 2 aliphatic rings. The van der Waals surface area contributed by atoms with Crippen molar-refractivity contribution in [3.8, 4) is 6.19 Å². The van der Waals surface area contributed by atoms with Gasteiger partial charge in [-0.1, -0.05) is 11.6 Å². The lowest BCUT2D eigenvalue weighted by atomic mass is 10.1. The summed E-state index contributed by atoms with van der Waals surface area (Å²) in [7, 11) is 0. The number of hydrogen-bond acceptors (Lipinski definition) is 7. The Hall–Kier alpha value is -2.03. The fourth-order valence-electron chi connectivity index (χ4n) is 3.40. The zero-order valence-corrected chi connectivity index (χ0v) is 16.9. The monoisotopic (exact) mass is 448 g/mol. The fraction of sp³-hybridized carbons (Fsp3) is 0.588. The predicted molar refractivity (Wildman–Crippen MR) is 103 cm³/mol. The molecule has 0 bridgehead atoms. The Morgan fingerprint density at radius 1 is 1.45 bits per heavy atom. The molecule has 7 nitrogen and oxygen atoms in total. The Morgan fingerprint density at radius 3 is 2.83 bits per heavy atom. The summed E-state index contributed by atoms with van der Waals surface area (Å²) < 4.78 is 37.7.